The highest BCUT2D eigenvalue weighted by Gasteiger charge is 2.19. The molecule has 0 saturated carbocycles. The van der Waals surface area contributed by atoms with Crippen LogP contribution in [0, 0.1) is 17.0 Å². The number of nitrogens with zero attached hydrogens (tertiary/aromatic N) is 1. The molecule has 2 aromatic rings. The lowest BCUT2D eigenvalue weighted by Crippen LogP contribution is -2.00. The van der Waals surface area contributed by atoms with Crippen LogP contribution in [0.3, 0.4) is 0 Å². The van der Waals surface area contributed by atoms with E-state index in [0.29, 0.717) is 10.8 Å². The van der Waals surface area contributed by atoms with Crippen LogP contribution in [0.15, 0.2) is 36.4 Å². The van der Waals surface area contributed by atoms with Gasteiger partial charge in [-0.05, 0) is 30.7 Å². The molecular formula is C14H10ClNO5. The van der Waals surface area contributed by atoms with Crippen LogP contribution in [-0.4, -0.2) is 16.0 Å². The molecular weight excluding hydrogens is 298 g/mol. The zero-order chi connectivity index (χ0) is 15.6. The summed E-state index contributed by atoms with van der Waals surface area (Å²) in [5, 5.41) is 20.4. The summed E-state index contributed by atoms with van der Waals surface area (Å²) < 4.78 is 5.48. The summed E-state index contributed by atoms with van der Waals surface area (Å²) in [6, 6.07) is 8.22. The van der Waals surface area contributed by atoms with Gasteiger partial charge >= 0.3 is 11.7 Å². The summed E-state index contributed by atoms with van der Waals surface area (Å²) in [6.45, 7) is 1.75. The van der Waals surface area contributed by atoms with Crippen LogP contribution in [0.1, 0.15) is 15.9 Å². The molecule has 0 atom stereocenters. The van der Waals surface area contributed by atoms with Crippen LogP contribution in [0.4, 0.5) is 5.69 Å². The van der Waals surface area contributed by atoms with Crippen molar-refractivity contribution in [3.05, 3.63) is 62.7 Å². The molecule has 0 aromatic heterocycles. The smallest absolute Gasteiger partial charge is 0.335 e. The number of aromatic carboxylic acids is 1. The third kappa shape index (κ3) is 3.29. The number of halogens is 1. The van der Waals surface area contributed by atoms with Crippen LogP contribution < -0.4 is 4.74 Å². The number of nitro groups is 1. The number of carboxylic acids is 1. The number of ether oxygens (including phenoxy) is 1. The van der Waals surface area contributed by atoms with Gasteiger partial charge < -0.3 is 9.84 Å². The molecule has 21 heavy (non-hydrogen) atoms. The fourth-order valence-electron chi connectivity index (χ4n) is 1.68. The minimum Gasteiger partial charge on any atom is -0.478 e. The largest absolute Gasteiger partial charge is 0.478 e. The van der Waals surface area contributed by atoms with E-state index in [4.69, 9.17) is 21.4 Å². The maximum atomic E-state index is 11.0. The fraction of sp³-hybridized carbons (Fsp3) is 0.0714. The van der Waals surface area contributed by atoms with Crippen molar-refractivity contribution < 1.29 is 19.6 Å². The molecule has 1 N–H and O–H groups in total. The van der Waals surface area contributed by atoms with Gasteiger partial charge in [0.15, 0.2) is 0 Å². The number of nitro benzene ring substituents is 1. The highest BCUT2D eigenvalue weighted by atomic mass is 35.5. The summed E-state index contributed by atoms with van der Waals surface area (Å²) in [5.74, 6) is -1.02. The lowest BCUT2D eigenvalue weighted by atomic mass is 10.2. The molecule has 6 nitrogen and oxygen atoms in total. The molecule has 2 aromatic carbocycles. The van der Waals surface area contributed by atoms with Gasteiger partial charge in [0.2, 0.25) is 5.75 Å². The maximum absolute atomic E-state index is 11.0. The van der Waals surface area contributed by atoms with Crippen molar-refractivity contribution in [3.8, 4) is 11.5 Å². The summed E-state index contributed by atoms with van der Waals surface area (Å²) in [6.07, 6.45) is 0. The van der Waals surface area contributed by atoms with Crippen LogP contribution in [0.5, 0.6) is 11.5 Å². The summed E-state index contributed by atoms with van der Waals surface area (Å²) in [4.78, 5) is 21.3. The molecule has 0 fully saturated rings. The van der Waals surface area contributed by atoms with Crippen molar-refractivity contribution in [1.82, 2.24) is 0 Å². The fourth-order valence-corrected chi connectivity index (χ4v) is 1.84. The Bertz CT molecular complexity index is 729. The quantitative estimate of drug-likeness (QED) is 0.680. The first-order chi connectivity index (χ1) is 9.88. The van der Waals surface area contributed by atoms with Crippen LogP contribution in [-0.2, 0) is 0 Å². The van der Waals surface area contributed by atoms with Crippen molar-refractivity contribution in [3.63, 3.8) is 0 Å². The predicted octanol–water partition coefficient (Wildman–Crippen LogP) is 4.05. The molecule has 0 heterocycles. The monoisotopic (exact) mass is 307 g/mol. The van der Waals surface area contributed by atoms with Crippen LogP contribution >= 0.6 is 11.6 Å². The zero-order valence-electron chi connectivity index (χ0n) is 10.9. The van der Waals surface area contributed by atoms with E-state index in [1.54, 1.807) is 19.1 Å². The van der Waals surface area contributed by atoms with Gasteiger partial charge in [0.25, 0.3) is 0 Å². The van der Waals surface area contributed by atoms with Gasteiger partial charge in [-0.1, -0.05) is 17.7 Å². The SMILES string of the molecule is Cc1ccc(Cl)cc1Oc1cc(C(=O)O)ccc1[N+](=O)[O-]. The molecule has 0 spiro atoms. The second-order valence-electron chi connectivity index (χ2n) is 4.26. The summed E-state index contributed by atoms with van der Waals surface area (Å²) in [7, 11) is 0. The number of carboxylic acid groups (broad SMARTS) is 1. The van der Waals surface area contributed by atoms with Crippen molar-refractivity contribution in [2.75, 3.05) is 0 Å². The number of hydrogen-bond acceptors (Lipinski definition) is 4. The van der Waals surface area contributed by atoms with Gasteiger partial charge in [0, 0.05) is 17.2 Å². The van der Waals surface area contributed by atoms with Crippen molar-refractivity contribution >= 4 is 23.3 Å². The second-order valence-corrected chi connectivity index (χ2v) is 4.69. The highest BCUT2D eigenvalue weighted by molar-refractivity contribution is 6.30. The molecule has 0 radical (unpaired) electrons. The molecule has 0 bridgehead atoms. The topological polar surface area (TPSA) is 89.7 Å². The second kappa shape index (κ2) is 5.80. The van der Waals surface area contributed by atoms with Gasteiger partial charge in [0.05, 0.1) is 10.5 Å². The molecule has 0 aliphatic rings. The Kier molecular flexibility index (Phi) is 4.09. The Morgan fingerprint density at radius 2 is 1.95 bits per heavy atom. The molecule has 0 aliphatic heterocycles. The number of benzene rings is 2. The minimum atomic E-state index is -1.20. The number of aryl methyl sites for hydroxylation is 1. The van der Waals surface area contributed by atoms with Gasteiger partial charge in [-0.25, -0.2) is 4.79 Å². The molecule has 2 rings (SSSR count). The third-order valence-corrected chi connectivity index (χ3v) is 3.01. The molecule has 0 unspecified atom stereocenters. The van der Waals surface area contributed by atoms with E-state index in [0.717, 1.165) is 23.8 Å². The number of hydrogen-bond donors (Lipinski definition) is 1. The van der Waals surface area contributed by atoms with E-state index in [1.807, 2.05) is 0 Å². The zero-order valence-corrected chi connectivity index (χ0v) is 11.6. The maximum Gasteiger partial charge on any atom is 0.335 e. The lowest BCUT2D eigenvalue weighted by Gasteiger charge is -2.10. The molecule has 0 amide bonds. The summed E-state index contributed by atoms with van der Waals surface area (Å²) in [5.41, 5.74) is 0.295. The minimum absolute atomic E-state index is 0.102. The molecule has 0 aliphatic carbocycles. The van der Waals surface area contributed by atoms with E-state index in [2.05, 4.69) is 0 Å². The van der Waals surface area contributed by atoms with Crippen molar-refractivity contribution in [2.24, 2.45) is 0 Å². The Balaban J connectivity index is 2.50. The Hall–Kier alpha value is -2.60. The first-order valence-corrected chi connectivity index (χ1v) is 6.22. The van der Waals surface area contributed by atoms with E-state index >= 15 is 0 Å². The molecule has 0 saturated heterocycles. The van der Waals surface area contributed by atoms with Crippen LogP contribution in [0.25, 0.3) is 0 Å². The van der Waals surface area contributed by atoms with E-state index in [-0.39, 0.29) is 17.0 Å². The van der Waals surface area contributed by atoms with Gasteiger partial charge in [-0.15, -0.1) is 0 Å². The predicted molar refractivity (Wildman–Crippen MR) is 76.3 cm³/mol. The Labute approximate surface area is 124 Å². The standard InChI is InChI=1S/C14H10ClNO5/c1-8-2-4-10(15)7-12(8)21-13-6-9(14(17)18)3-5-11(13)16(19)20/h2-7H,1H3,(H,17,18). The van der Waals surface area contributed by atoms with Crippen LogP contribution in [0.2, 0.25) is 5.02 Å². The molecule has 7 heteroatoms. The van der Waals surface area contributed by atoms with E-state index in [1.165, 1.54) is 6.07 Å². The summed E-state index contributed by atoms with van der Waals surface area (Å²) >= 11 is 5.86. The van der Waals surface area contributed by atoms with E-state index < -0.39 is 10.9 Å². The van der Waals surface area contributed by atoms with Crippen molar-refractivity contribution in [2.45, 2.75) is 6.92 Å². The highest BCUT2D eigenvalue weighted by Crippen LogP contribution is 2.34. The van der Waals surface area contributed by atoms with Gasteiger partial charge in [-0.3, -0.25) is 10.1 Å². The van der Waals surface area contributed by atoms with E-state index in [9.17, 15) is 14.9 Å². The first-order valence-electron chi connectivity index (χ1n) is 5.84. The first kappa shape index (κ1) is 14.8. The number of carbonyl (C=O) groups is 1. The van der Waals surface area contributed by atoms with Gasteiger partial charge in [-0.2, -0.15) is 0 Å². The Morgan fingerprint density at radius 3 is 2.57 bits per heavy atom. The number of rotatable bonds is 4. The third-order valence-electron chi connectivity index (χ3n) is 2.77. The van der Waals surface area contributed by atoms with Crippen molar-refractivity contribution in [1.29, 1.82) is 0 Å². The Morgan fingerprint density at radius 1 is 1.24 bits per heavy atom. The molecule has 108 valence electrons. The normalized spacial score (nSPS) is 10.2. The average molecular weight is 308 g/mol. The van der Waals surface area contributed by atoms with Gasteiger partial charge in [0.1, 0.15) is 5.75 Å². The average Bonchev–Trinajstić information content (AvgIpc) is 2.42. The lowest BCUT2D eigenvalue weighted by molar-refractivity contribution is -0.385.